The lowest BCUT2D eigenvalue weighted by Crippen LogP contribution is -2.41. The van der Waals surface area contributed by atoms with E-state index in [-0.39, 0.29) is 52.1 Å². The molecule has 7 nitrogen and oxygen atoms in total. The fourth-order valence-electron chi connectivity index (χ4n) is 3.91. The van der Waals surface area contributed by atoms with Gasteiger partial charge in [-0.05, 0) is 39.8 Å². The van der Waals surface area contributed by atoms with Gasteiger partial charge in [0.1, 0.15) is 28.6 Å². The molecule has 1 atom stereocenters. The number of rotatable bonds is 5. The summed E-state index contributed by atoms with van der Waals surface area (Å²) in [4.78, 5) is 21.7. The topological polar surface area (TPSA) is 87.6 Å². The van der Waals surface area contributed by atoms with Crippen LogP contribution in [-0.2, 0) is 10.7 Å². The molecule has 0 unspecified atom stereocenters. The molecule has 186 valence electrons. The number of aliphatic hydroxyl groups is 1. The van der Waals surface area contributed by atoms with Gasteiger partial charge >= 0.3 is 5.92 Å². The van der Waals surface area contributed by atoms with Gasteiger partial charge in [0.2, 0.25) is 0 Å². The highest BCUT2D eigenvalue weighted by molar-refractivity contribution is 6.02. The maximum Gasteiger partial charge on any atom is 0.303 e. The average molecular weight is 492 g/mol. The van der Waals surface area contributed by atoms with E-state index in [0.29, 0.717) is 0 Å². The van der Waals surface area contributed by atoms with E-state index >= 15 is 8.78 Å². The zero-order valence-electron chi connectivity index (χ0n) is 19.7. The van der Waals surface area contributed by atoms with Crippen molar-refractivity contribution in [2.45, 2.75) is 45.3 Å². The van der Waals surface area contributed by atoms with E-state index < -0.39 is 34.8 Å². The Morgan fingerprint density at radius 2 is 1.89 bits per heavy atom. The Labute approximate surface area is 198 Å². The molecular weight excluding hydrogens is 468 g/mol. The van der Waals surface area contributed by atoms with Crippen LogP contribution in [0, 0.1) is 18.6 Å². The number of carbonyl (C=O) groups excluding carboxylic acids is 1. The van der Waals surface area contributed by atoms with Crippen molar-refractivity contribution in [2.75, 3.05) is 23.9 Å². The molecule has 11 heteroatoms. The van der Waals surface area contributed by atoms with Crippen molar-refractivity contribution in [3.63, 3.8) is 0 Å². The van der Waals surface area contributed by atoms with Crippen molar-refractivity contribution in [1.29, 1.82) is 0 Å². The second-order valence-corrected chi connectivity index (χ2v) is 9.00. The minimum atomic E-state index is -3.86. The third-order valence-electron chi connectivity index (χ3n) is 6.01. The van der Waals surface area contributed by atoms with Crippen LogP contribution in [0.4, 0.5) is 29.1 Å². The predicted molar refractivity (Wildman–Crippen MR) is 122 cm³/mol. The Balaban J connectivity index is 1.80. The second-order valence-electron chi connectivity index (χ2n) is 9.00. The number of alkyl halides is 2. The van der Waals surface area contributed by atoms with Crippen LogP contribution in [0.1, 0.15) is 43.8 Å². The van der Waals surface area contributed by atoms with Gasteiger partial charge in [-0.2, -0.15) is 8.78 Å². The summed E-state index contributed by atoms with van der Waals surface area (Å²) >= 11 is 0. The van der Waals surface area contributed by atoms with Crippen LogP contribution in [-0.4, -0.2) is 40.2 Å². The number of ether oxygens (including phenoxy) is 1. The monoisotopic (exact) mass is 492 g/mol. The fraction of sp³-hybridized carbons (Fsp3) is 0.375. The normalized spacial score (nSPS) is 15.1. The molecule has 0 saturated carbocycles. The number of benzene rings is 2. The predicted octanol–water partition coefficient (Wildman–Crippen LogP) is 4.61. The van der Waals surface area contributed by atoms with Crippen molar-refractivity contribution >= 4 is 28.3 Å². The highest BCUT2D eigenvalue weighted by Gasteiger charge is 2.49. The quantitative estimate of drug-likeness (QED) is 0.506. The number of hydrogen-bond donors (Lipinski definition) is 2. The number of nitrogens with one attached hydrogen (secondary N) is 1. The first-order chi connectivity index (χ1) is 16.2. The number of aryl methyl sites for hydroxylation is 1. The number of carbonyl (C=O) groups is 1. The van der Waals surface area contributed by atoms with Crippen molar-refractivity contribution < 1.29 is 32.2 Å². The van der Waals surface area contributed by atoms with Crippen LogP contribution >= 0.6 is 0 Å². The number of hydrogen-bond acceptors (Lipinski definition) is 6. The molecule has 2 aromatic carbocycles. The molecule has 3 aromatic rings. The van der Waals surface area contributed by atoms with E-state index in [9.17, 15) is 18.7 Å². The van der Waals surface area contributed by atoms with E-state index in [1.807, 2.05) is 0 Å². The van der Waals surface area contributed by atoms with Gasteiger partial charge in [0, 0.05) is 18.0 Å². The summed E-state index contributed by atoms with van der Waals surface area (Å²) in [5.74, 6) is -6.00. The van der Waals surface area contributed by atoms with Crippen LogP contribution in [0.5, 0.6) is 5.75 Å². The molecule has 35 heavy (non-hydrogen) atoms. The lowest BCUT2D eigenvalue weighted by molar-refractivity contribution is -0.170. The molecule has 1 aliphatic rings. The first-order valence-corrected chi connectivity index (χ1v) is 10.8. The highest BCUT2D eigenvalue weighted by Crippen LogP contribution is 2.42. The largest absolute Gasteiger partial charge is 0.478 e. The molecule has 0 bridgehead atoms. The highest BCUT2D eigenvalue weighted by atomic mass is 19.3. The van der Waals surface area contributed by atoms with Gasteiger partial charge in [0.25, 0.3) is 5.91 Å². The molecule has 2 heterocycles. The van der Waals surface area contributed by atoms with Crippen molar-refractivity contribution in [3.8, 4) is 5.75 Å². The third kappa shape index (κ3) is 4.03. The summed E-state index contributed by atoms with van der Waals surface area (Å²) < 4.78 is 65.2. The van der Waals surface area contributed by atoms with Crippen LogP contribution < -0.4 is 15.0 Å². The molecule has 0 fully saturated rings. The Morgan fingerprint density at radius 3 is 2.54 bits per heavy atom. The number of nitrogens with zero attached hydrogens (tertiary/aromatic N) is 3. The molecule has 1 aliphatic heterocycles. The SMILES string of the molecule is Cc1nc(N[C@H](C)c2cccc(C(F)(F)C(C)(C)O)c2F)c2cc3c(c(F)c2n1)OCC(=O)N3C. The van der Waals surface area contributed by atoms with E-state index in [2.05, 4.69) is 15.3 Å². The number of fused-ring (bicyclic) bond motifs is 2. The zero-order valence-corrected chi connectivity index (χ0v) is 19.7. The number of anilines is 2. The Hall–Kier alpha value is -3.47. The summed E-state index contributed by atoms with van der Waals surface area (Å²) in [6, 6.07) is 4.11. The van der Waals surface area contributed by atoms with Crippen molar-refractivity contribution in [1.82, 2.24) is 9.97 Å². The smallest absolute Gasteiger partial charge is 0.303 e. The molecule has 1 aromatic heterocycles. The Kier molecular flexibility index (Phi) is 5.87. The van der Waals surface area contributed by atoms with E-state index in [0.717, 1.165) is 19.9 Å². The van der Waals surface area contributed by atoms with Gasteiger partial charge in [-0.15, -0.1) is 0 Å². The zero-order chi connectivity index (χ0) is 25.9. The third-order valence-corrected chi connectivity index (χ3v) is 6.01. The summed E-state index contributed by atoms with van der Waals surface area (Å²) in [6.45, 7) is 4.55. The number of aromatic nitrogens is 2. The van der Waals surface area contributed by atoms with Gasteiger partial charge < -0.3 is 20.1 Å². The number of likely N-dealkylation sites (N-methyl/N-ethyl adjacent to an activating group) is 1. The van der Waals surface area contributed by atoms with E-state index in [1.54, 1.807) is 0 Å². The lowest BCUT2D eigenvalue weighted by atomic mass is 9.91. The van der Waals surface area contributed by atoms with Gasteiger partial charge in [0.15, 0.2) is 18.2 Å². The summed E-state index contributed by atoms with van der Waals surface area (Å²) in [5, 5.41) is 13.0. The molecular formula is C24H24F4N4O3. The van der Waals surface area contributed by atoms with Gasteiger partial charge in [-0.3, -0.25) is 4.79 Å². The van der Waals surface area contributed by atoms with Crippen LogP contribution in [0.3, 0.4) is 0 Å². The van der Waals surface area contributed by atoms with Crippen LogP contribution in [0.25, 0.3) is 10.9 Å². The van der Waals surface area contributed by atoms with Crippen molar-refractivity contribution in [3.05, 3.63) is 52.9 Å². The maximum atomic E-state index is 15.3. The number of amides is 1. The maximum absolute atomic E-state index is 15.3. The van der Waals surface area contributed by atoms with Gasteiger partial charge in [-0.1, -0.05) is 12.1 Å². The minimum absolute atomic E-state index is 0.0727. The Bertz CT molecular complexity index is 1340. The Morgan fingerprint density at radius 1 is 1.20 bits per heavy atom. The van der Waals surface area contributed by atoms with Crippen molar-refractivity contribution in [2.24, 2.45) is 0 Å². The summed E-state index contributed by atoms with van der Waals surface area (Å²) in [5.41, 5.74) is -3.45. The molecule has 0 radical (unpaired) electrons. The molecule has 4 rings (SSSR count). The van der Waals surface area contributed by atoms with Gasteiger partial charge in [-0.25, -0.2) is 18.7 Å². The summed E-state index contributed by atoms with van der Waals surface area (Å²) in [7, 11) is 1.48. The van der Waals surface area contributed by atoms with Gasteiger partial charge in [0.05, 0.1) is 17.3 Å². The standard InChI is InChI=1S/C24H24F4N4O3/c1-11(13-7-6-8-15(18(13)25)24(27,28)23(3,4)34)29-22-14-9-16-21(35-10-17(33)32(16)5)19(26)20(14)30-12(2)31-22/h6-9,11,34H,10H2,1-5H3,(H,29,30,31)/t11-/m1/s1. The first-order valence-electron chi connectivity index (χ1n) is 10.8. The molecule has 0 saturated heterocycles. The molecule has 2 N–H and O–H groups in total. The van der Waals surface area contributed by atoms with Crippen LogP contribution in [0.15, 0.2) is 24.3 Å². The van der Waals surface area contributed by atoms with Crippen LogP contribution in [0.2, 0.25) is 0 Å². The first kappa shape index (κ1) is 24.6. The number of halogens is 4. The summed E-state index contributed by atoms with van der Waals surface area (Å²) in [6.07, 6.45) is 0. The lowest BCUT2D eigenvalue weighted by Gasteiger charge is -2.30. The fourth-order valence-corrected chi connectivity index (χ4v) is 3.91. The van der Waals surface area contributed by atoms with E-state index in [1.165, 1.54) is 44.0 Å². The average Bonchev–Trinajstić information content (AvgIpc) is 2.76. The molecule has 1 amide bonds. The van der Waals surface area contributed by atoms with E-state index in [4.69, 9.17) is 4.74 Å². The molecule has 0 aliphatic carbocycles. The minimum Gasteiger partial charge on any atom is -0.478 e. The molecule has 0 spiro atoms. The second kappa shape index (κ2) is 8.33.